The van der Waals surface area contributed by atoms with Gasteiger partial charge in [0.25, 0.3) is 5.69 Å². The van der Waals surface area contributed by atoms with Gasteiger partial charge in [-0.05, 0) is 43.5 Å². The predicted molar refractivity (Wildman–Crippen MR) is 105 cm³/mol. The summed E-state index contributed by atoms with van der Waals surface area (Å²) in [4.78, 5) is 21.3. The third kappa shape index (κ3) is 4.69. The first-order valence-electron chi connectivity index (χ1n) is 9.31. The zero-order valence-corrected chi connectivity index (χ0v) is 18.1. The van der Waals surface area contributed by atoms with E-state index < -0.39 is 8.32 Å². The number of hydrogen-bond donors (Lipinski definition) is 0. The van der Waals surface area contributed by atoms with Crippen molar-refractivity contribution in [2.75, 3.05) is 6.61 Å². The minimum atomic E-state index is -1.96. The van der Waals surface area contributed by atoms with E-state index in [2.05, 4.69) is 38.8 Å². The van der Waals surface area contributed by atoms with Crippen LogP contribution in [0.5, 0.6) is 0 Å². The van der Waals surface area contributed by atoms with Gasteiger partial charge in [-0.15, -0.1) is 0 Å². The Labute approximate surface area is 157 Å². The average Bonchev–Trinajstić information content (AvgIpc) is 3.24. The van der Waals surface area contributed by atoms with E-state index in [0.717, 1.165) is 18.4 Å². The molecule has 1 saturated carbocycles. The van der Waals surface area contributed by atoms with Crippen molar-refractivity contribution in [1.29, 1.82) is 0 Å². The SMILES string of the molecule is CC(C)c1nccc(CC2(COO[Si](C)(C)C(C)(C)C)CC2)c1[N+](=O)[O-]. The molecule has 2 rings (SSSR count). The van der Waals surface area contributed by atoms with Crippen LogP contribution in [0.2, 0.25) is 18.1 Å². The zero-order valence-electron chi connectivity index (χ0n) is 17.1. The van der Waals surface area contributed by atoms with Crippen molar-refractivity contribution >= 4 is 14.0 Å². The van der Waals surface area contributed by atoms with E-state index in [4.69, 9.17) is 9.46 Å². The van der Waals surface area contributed by atoms with Crippen molar-refractivity contribution in [2.45, 2.75) is 77.9 Å². The molecule has 0 amide bonds. The monoisotopic (exact) mass is 380 g/mol. The van der Waals surface area contributed by atoms with Crippen molar-refractivity contribution in [3.8, 4) is 0 Å². The van der Waals surface area contributed by atoms with Crippen molar-refractivity contribution in [3.05, 3.63) is 33.6 Å². The Balaban J connectivity index is 2.09. The molecule has 26 heavy (non-hydrogen) atoms. The highest BCUT2D eigenvalue weighted by atomic mass is 28.4. The number of nitro groups is 1. The number of aromatic nitrogens is 1. The third-order valence-corrected chi connectivity index (χ3v) is 9.87. The Morgan fingerprint density at radius 3 is 2.42 bits per heavy atom. The molecule has 7 heteroatoms. The van der Waals surface area contributed by atoms with E-state index in [-0.39, 0.29) is 27.0 Å². The molecule has 1 aromatic heterocycles. The molecular weight excluding hydrogens is 348 g/mol. The lowest BCUT2D eigenvalue weighted by Gasteiger charge is -2.34. The second-order valence-electron chi connectivity index (χ2n) is 9.40. The normalized spacial score (nSPS) is 16.8. The highest BCUT2D eigenvalue weighted by molar-refractivity contribution is 6.73. The summed E-state index contributed by atoms with van der Waals surface area (Å²) in [6.07, 6.45) is 4.32. The van der Waals surface area contributed by atoms with Gasteiger partial charge in [-0.25, -0.2) is 4.89 Å². The van der Waals surface area contributed by atoms with Crippen molar-refractivity contribution in [1.82, 2.24) is 4.98 Å². The minimum Gasteiger partial charge on any atom is -0.286 e. The van der Waals surface area contributed by atoms with Crippen molar-refractivity contribution < 1.29 is 14.4 Å². The first kappa shape index (κ1) is 21.0. The van der Waals surface area contributed by atoms with Crippen LogP contribution in [-0.2, 0) is 15.9 Å². The number of rotatable bonds is 8. The molecule has 1 aromatic rings. The fourth-order valence-electron chi connectivity index (χ4n) is 2.67. The summed E-state index contributed by atoms with van der Waals surface area (Å²) in [7, 11) is -1.96. The van der Waals surface area contributed by atoms with Crippen LogP contribution >= 0.6 is 0 Å². The maximum Gasteiger partial charge on any atom is 0.294 e. The van der Waals surface area contributed by atoms with Crippen LogP contribution in [0.4, 0.5) is 5.69 Å². The van der Waals surface area contributed by atoms with Crippen LogP contribution < -0.4 is 0 Å². The Morgan fingerprint density at radius 1 is 1.35 bits per heavy atom. The Kier molecular flexibility index (Phi) is 5.95. The van der Waals surface area contributed by atoms with Gasteiger partial charge in [0.1, 0.15) is 5.69 Å². The second-order valence-corrected chi connectivity index (χ2v) is 14.1. The molecule has 0 saturated heterocycles. The molecule has 0 spiro atoms. The highest BCUT2D eigenvalue weighted by Crippen LogP contribution is 2.50. The van der Waals surface area contributed by atoms with Crippen LogP contribution in [0.15, 0.2) is 12.3 Å². The minimum absolute atomic E-state index is 0.0173. The lowest BCUT2D eigenvalue weighted by Crippen LogP contribution is -2.41. The summed E-state index contributed by atoms with van der Waals surface area (Å²) < 4.78 is 5.84. The van der Waals surface area contributed by atoms with Gasteiger partial charge >= 0.3 is 0 Å². The fourth-order valence-corrected chi connectivity index (χ4v) is 3.27. The first-order chi connectivity index (χ1) is 11.9. The lowest BCUT2D eigenvalue weighted by molar-refractivity contribution is -0.386. The molecule has 1 aliphatic rings. The standard InChI is InChI=1S/C19H32N2O4Si/c1-14(2)16-17(21(22)23)15(8-11-20-16)12-19(9-10-19)13-24-25-26(6,7)18(3,4)5/h8,11,14H,9-10,12-13H2,1-7H3. The van der Waals surface area contributed by atoms with Gasteiger partial charge in [-0.3, -0.25) is 19.7 Å². The summed E-state index contributed by atoms with van der Waals surface area (Å²) in [5.41, 5.74) is 1.42. The topological polar surface area (TPSA) is 74.5 Å². The zero-order chi connectivity index (χ0) is 19.8. The quantitative estimate of drug-likeness (QED) is 0.262. The maximum atomic E-state index is 11.6. The van der Waals surface area contributed by atoms with E-state index in [1.807, 2.05) is 13.8 Å². The van der Waals surface area contributed by atoms with Gasteiger partial charge in [-0.1, -0.05) is 34.6 Å². The second kappa shape index (κ2) is 7.36. The largest absolute Gasteiger partial charge is 0.294 e. The predicted octanol–water partition coefficient (Wildman–Crippen LogP) is 5.39. The lowest BCUT2D eigenvalue weighted by atomic mass is 9.94. The van der Waals surface area contributed by atoms with Crippen LogP contribution in [0, 0.1) is 15.5 Å². The van der Waals surface area contributed by atoms with E-state index >= 15 is 0 Å². The molecule has 0 N–H and O–H groups in total. The molecule has 0 unspecified atom stereocenters. The van der Waals surface area contributed by atoms with Crippen LogP contribution in [-0.4, -0.2) is 24.8 Å². The van der Waals surface area contributed by atoms with Gasteiger partial charge in [-0.2, -0.15) is 0 Å². The van der Waals surface area contributed by atoms with Crippen molar-refractivity contribution in [2.24, 2.45) is 5.41 Å². The van der Waals surface area contributed by atoms with Crippen molar-refractivity contribution in [3.63, 3.8) is 0 Å². The van der Waals surface area contributed by atoms with Crippen LogP contribution in [0.3, 0.4) is 0 Å². The van der Waals surface area contributed by atoms with Crippen LogP contribution in [0.25, 0.3) is 0 Å². The average molecular weight is 381 g/mol. The molecule has 1 fully saturated rings. The summed E-state index contributed by atoms with van der Waals surface area (Å²) in [5, 5.41) is 11.7. The Bertz CT molecular complexity index is 664. The van der Waals surface area contributed by atoms with Gasteiger partial charge in [0.15, 0.2) is 0 Å². The summed E-state index contributed by atoms with van der Waals surface area (Å²) in [6, 6.07) is 1.78. The van der Waals surface area contributed by atoms with Gasteiger partial charge in [0.2, 0.25) is 8.32 Å². The molecule has 146 valence electrons. The molecular formula is C19H32N2O4Si. The summed E-state index contributed by atoms with van der Waals surface area (Å²) in [6.45, 7) is 15.2. The molecule has 0 bridgehead atoms. The maximum absolute atomic E-state index is 11.6. The summed E-state index contributed by atoms with van der Waals surface area (Å²) >= 11 is 0. The third-order valence-electron chi connectivity index (χ3n) is 5.73. The van der Waals surface area contributed by atoms with Gasteiger partial charge < -0.3 is 0 Å². The molecule has 6 nitrogen and oxygen atoms in total. The molecule has 0 radical (unpaired) electrons. The van der Waals surface area contributed by atoms with E-state index in [1.54, 1.807) is 12.3 Å². The Hall–Kier alpha value is -1.31. The summed E-state index contributed by atoms with van der Waals surface area (Å²) in [5.74, 6) is 0.0173. The van der Waals surface area contributed by atoms with Crippen LogP contribution in [0.1, 0.15) is 64.6 Å². The van der Waals surface area contributed by atoms with E-state index in [1.165, 1.54) is 0 Å². The molecule has 0 aliphatic heterocycles. The number of hydrogen-bond acceptors (Lipinski definition) is 5. The number of pyridine rings is 1. The fraction of sp³-hybridized carbons (Fsp3) is 0.737. The first-order valence-corrected chi connectivity index (χ1v) is 12.2. The molecule has 1 aliphatic carbocycles. The van der Waals surface area contributed by atoms with Gasteiger partial charge in [0, 0.05) is 23.1 Å². The van der Waals surface area contributed by atoms with Gasteiger partial charge in [0.05, 0.1) is 11.5 Å². The van der Waals surface area contributed by atoms with E-state index in [9.17, 15) is 10.1 Å². The molecule has 0 aromatic carbocycles. The molecule has 1 heterocycles. The molecule has 0 atom stereocenters. The Morgan fingerprint density at radius 2 is 1.96 bits per heavy atom. The van der Waals surface area contributed by atoms with E-state index in [0.29, 0.717) is 18.7 Å². The number of nitrogens with zero attached hydrogens (tertiary/aromatic N) is 2. The highest BCUT2D eigenvalue weighted by Gasteiger charge is 2.46. The smallest absolute Gasteiger partial charge is 0.286 e.